The number of rotatable bonds is 5. The van der Waals surface area contributed by atoms with E-state index in [1.54, 1.807) is 0 Å². The Morgan fingerprint density at radius 1 is 1.18 bits per heavy atom. The Morgan fingerprint density at radius 3 is 2.64 bits per heavy atom. The van der Waals surface area contributed by atoms with Crippen molar-refractivity contribution in [2.24, 2.45) is 5.92 Å². The zero-order chi connectivity index (χ0) is 15.4. The van der Waals surface area contributed by atoms with Crippen LogP contribution >= 0.6 is 0 Å². The smallest absolute Gasteiger partial charge is 0.225 e. The van der Waals surface area contributed by atoms with Gasteiger partial charge in [0, 0.05) is 25.6 Å². The van der Waals surface area contributed by atoms with Gasteiger partial charge in [-0.1, -0.05) is 43.2 Å². The molecule has 2 fully saturated rings. The summed E-state index contributed by atoms with van der Waals surface area (Å²) in [5.74, 6) is 0.0313. The first-order valence-corrected chi connectivity index (χ1v) is 8.35. The van der Waals surface area contributed by atoms with Crippen LogP contribution in [0.15, 0.2) is 30.3 Å². The molecule has 118 valence electrons. The number of benzene rings is 1. The van der Waals surface area contributed by atoms with Crippen molar-refractivity contribution in [3.05, 3.63) is 35.9 Å². The van der Waals surface area contributed by atoms with Gasteiger partial charge >= 0.3 is 0 Å². The summed E-state index contributed by atoms with van der Waals surface area (Å²) in [6.45, 7) is 1.25. The number of carbonyl (C=O) groups is 2. The second-order valence-corrected chi connectivity index (χ2v) is 6.41. The predicted molar refractivity (Wildman–Crippen MR) is 85.2 cm³/mol. The normalized spacial score (nSPS) is 22.3. The van der Waals surface area contributed by atoms with Gasteiger partial charge in [-0.05, 0) is 24.8 Å². The summed E-state index contributed by atoms with van der Waals surface area (Å²) in [6, 6.07) is 10.5. The van der Waals surface area contributed by atoms with E-state index in [1.165, 1.54) is 18.4 Å². The van der Waals surface area contributed by atoms with Crippen molar-refractivity contribution in [1.82, 2.24) is 10.2 Å². The summed E-state index contributed by atoms with van der Waals surface area (Å²) in [5, 5.41) is 2.99. The largest absolute Gasteiger partial charge is 0.355 e. The minimum Gasteiger partial charge on any atom is -0.355 e. The van der Waals surface area contributed by atoms with Gasteiger partial charge in [0.15, 0.2) is 0 Å². The lowest BCUT2D eigenvalue weighted by Crippen LogP contribution is -2.37. The van der Waals surface area contributed by atoms with Crippen LogP contribution < -0.4 is 5.32 Å². The molecule has 1 aliphatic carbocycles. The van der Waals surface area contributed by atoms with Crippen molar-refractivity contribution in [2.45, 2.75) is 44.6 Å². The second kappa shape index (κ2) is 6.95. The predicted octanol–water partition coefficient (Wildman–Crippen LogP) is 2.14. The lowest BCUT2D eigenvalue weighted by molar-refractivity contribution is -0.130. The highest BCUT2D eigenvalue weighted by Gasteiger charge is 2.38. The van der Waals surface area contributed by atoms with Crippen molar-refractivity contribution in [3.63, 3.8) is 0 Å². The Kier molecular flexibility index (Phi) is 4.76. The third-order valence-corrected chi connectivity index (χ3v) is 4.85. The van der Waals surface area contributed by atoms with Gasteiger partial charge < -0.3 is 10.2 Å². The average molecular weight is 300 g/mol. The highest BCUT2D eigenvalue weighted by molar-refractivity contribution is 5.89. The summed E-state index contributed by atoms with van der Waals surface area (Å²) >= 11 is 0. The number of hydrogen-bond acceptors (Lipinski definition) is 2. The lowest BCUT2D eigenvalue weighted by atomic mass is 10.1. The number of likely N-dealkylation sites (tertiary alicyclic amines) is 1. The first-order chi connectivity index (χ1) is 10.7. The van der Waals surface area contributed by atoms with Gasteiger partial charge in [0.2, 0.25) is 11.8 Å². The molecule has 1 aromatic carbocycles. The fraction of sp³-hybridized carbons (Fsp3) is 0.556. The van der Waals surface area contributed by atoms with Gasteiger partial charge in [-0.25, -0.2) is 0 Å². The van der Waals surface area contributed by atoms with Crippen molar-refractivity contribution in [1.29, 1.82) is 0 Å². The summed E-state index contributed by atoms with van der Waals surface area (Å²) < 4.78 is 0. The molecule has 1 atom stereocenters. The number of nitrogens with one attached hydrogen (secondary N) is 1. The highest BCUT2D eigenvalue weighted by Crippen LogP contribution is 2.29. The number of nitrogens with zero attached hydrogens (tertiary/aromatic N) is 1. The average Bonchev–Trinajstić information content (AvgIpc) is 3.17. The molecule has 1 heterocycles. The van der Waals surface area contributed by atoms with E-state index >= 15 is 0 Å². The van der Waals surface area contributed by atoms with Crippen molar-refractivity contribution < 1.29 is 9.59 Å². The number of hydrogen-bond donors (Lipinski definition) is 1. The topological polar surface area (TPSA) is 49.4 Å². The van der Waals surface area contributed by atoms with E-state index in [0.717, 1.165) is 19.3 Å². The summed E-state index contributed by atoms with van der Waals surface area (Å²) in [7, 11) is 0. The highest BCUT2D eigenvalue weighted by atomic mass is 16.2. The second-order valence-electron chi connectivity index (χ2n) is 6.41. The molecule has 0 unspecified atom stereocenters. The van der Waals surface area contributed by atoms with Crippen LogP contribution in [0.1, 0.15) is 37.7 Å². The van der Waals surface area contributed by atoms with Crippen molar-refractivity contribution in [2.75, 3.05) is 13.1 Å². The number of carbonyl (C=O) groups excluding carboxylic acids is 2. The van der Waals surface area contributed by atoms with E-state index in [2.05, 4.69) is 17.4 Å². The minimum atomic E-state index is -0.163. The van der Waals surface area contributed by atoms with Crippen LogP contribution in [0.4, 0.5) is 0 Å². The van der Waals surface area contributed by atoms with Gasteiger partial charge in [-0.3, -0.25) is 9.59 Å². The monoisotopic (exact) mass is 300 g/mol. The molecule has 1 aliphatic heterocycles. The Labute approximate surface area is 131 Å². The van der Waals surface area contributed by atoms with Gasteiger partial charge in [0.25, 0.3) is 0 Å². The Bertz CT molecular complexity index is 523. The van der Waals surface area contributed by atoms with E-state index in [4.69, 9.17) is 0 Å². The van der Waals surface area contributed by atoms with E-state index < -0.39 is 0 Å². The lowest BCUT2D eigenvalue weighted by Gasteiger charge is -2.23. The quantitative estimate of drug-likeness (QED) is 0.905. The molecule has 2 aliphatic rings. The Morgan fingerprint density at radius 2 is 1.91 bits per heavy atom. The molecule has 1 N–H and O–H groups in total. The molecule has 2 amide bonds. The minimum absolute atomic E-state index is 0.0322. The maximum atomic E-state index is 12.3. The van der Waals surface area contributed by atoms with Gasteiger partial charge in [-0.15, -0.1) is 0 Å². The molecule has 0 bridgehead atoms. The molecule has 1 saturated carbocycles. The summed E-state index contributed by atoms with van der Waals surface area (Å²) in [5.41, 5.74) is 1.22. The SMILES string of the molecule is O=C(NCCc1ccccc1)[C@H]1CC(=O)N(C2CCCC2)C1. The third kappa shape index (κ3) is 3.49. The Balaban J connectivity index is 1.45. The van der Waals surface area contributed by atoms with Crippen LogP contribution in [0.3, 0.4) is 0 Å². The van der Waals surface area contributed by atoms with Crippen LogP contribution in [-0.2, 0) is 16.0 Å². The van der Waals surface area contributed by atoms with E-state index in [0.29, 0.717) is 25.6 Å². The van der Waals surface area contributed by atoms with Gasteiger partial charge in [0.05, 0.1) is 5.92 Å². The molecule has 0 aromatic heterocycles. The van der Waals surface area contributed by atoms with Crippen LogP contribution in [0.25, 0.3) is 0 Å². The van der Waals surface area contributed by atoms with Crippen molar-refractivity contribution >= 4 is 11.8 Å². The van der Waals surface area contributed by atoms with Crippen molar-refractivity contribution in [3.8, 4) is 0 Å². The Hall–Kier alpha value is -1.84. The molecule has 1 saturated heterocycles. The van der Waals surface area contributed by atoms with Gasteiger partial charge in [-0.2, -0.15) is 0 Å². The first-order valence-electron chi connectivity index (χ1n) is 8.35. The molecule has 1 aromatic rings. The molecular formula is C18H24N2O2. The molecule has 0 spiro atoms. The van der Waals surface area contributed by atoms with Crippen LogP contribution in [-0.4, -0.2) is 35.8 Å². The summed E-state index contributed by atoms with van der Waals surface area (Å²) in [6.07, 6.45) is 5.85. The molecule has 0 radical (unpaired) electrons. The zero-order valence-electron chi connectivity index (χ0n) is 13.0. The standard InChI is InChI=1S/C18H24N2O2/c21-17-12-15(13-20(17)16-8-4-5-9-16)18(22)19-11-10-14-6-2-1-3-7-14/h1-3,6-7,15-16H,4-5,8-13H2,(H,19,22)/t15-/m0/s1. The maximum absolute atomic E-state index is 12.3. The van der Waals surface area contributed by atoms with E-state index in [9.17, 15) is 9.59 Å². The van der Waals surface area contributed by atoms with Crippen LogP contribution in [0.2, 0.25) is 0 Å². The maximum Gasteiger partial charge on any atom is 0.225 e. The molecule has 3 rings (SSSR count). The fourth-order valence-electron chi connectivity index (χ4n) is 3.60. The van der Waals surface area contributed by atoms with E-state index in [-0.39, 0.29) is 17.7 Å². The zero-order valence-corrected chi connectivity index (χ0v) is 13.0. The van der Waals surface area contributed by atoms with Gasteiger partial charge in [0.1, 0.15) is 0 Å². The molecule has 22 heavy (non-hydrogen) atoms. The van der Waals surface area contributed by atoms with Crippen LogP contribution in [0, 0.1) is 5.92 Å². The summed E-state index contributed by atoms with van der Waals surface area (Å²) in [4.78, 5) is 26.3. The third-order valence-electron chi connectivity index (χ3n) is 4.85. The van der Waals surface area contributed by atoms with Crippen LogP contribution in [0.5, 0.6) is 0 Å². The molecule has 4 nitrogen and oxygen atoms in total. The van der Waals surface area contributed by atoms with E-state index in [1.807, 2.05) is 23.1 Å². The number of amides is 2. The first kappa shape index (κ1) is 15.1. The fourth-order valence-corrected chi connectivity index (χ4v) is 3.60. The molecule has 4 heteroatoms. The molecular weight excluding hydrogens is 276 g/mol.